The van der Waals surface area contributed by atoms with Crippen molar-refractivity contribution >= 4 is 34.2 Å². The van der Waals surface area contributed by atoms with Crippen LogP contribution in [-0.2, 0) is 18.3 Å². The highest BCUT2D eigenvalue weighted by Gasteiger charge is 2.17. The van der Waals surface area contributed by atoms with E-state index in [-0.39, 0.29) is 22.7 Å². The second kappa shape index (κ2) is 6.37. The molecule has 1 amide bonds. The molecule has 3 rings (SSSR count). The summed E-state index contributed by atoms with van der Waals surface area (Å²) < 4.78 is 38.8. The van der Waals surface area contributed by atoms with E-state index in [4.69, 9.17) is 0 Å². The molecule has 1 atom stereocenters. The van der Waals surface area contributed by atoms with E-state index in [9.17, 15) is 22.7 Å². The highest BCUT2D eigenvalue weighted by molar-refractivity contribution is 7.80. The van der Waals surface area contributed by atoms with E-state index in [1.807, 2.05) is 4.72 Å². The Hall–Kier alpha value is -3.19. The van der Waals surface area contributed by atoms with Gasteiger partial charge in [0.1, 0.15) is 12.1 Å². The van der Waals surface area contributed by atoms with Crippen molar-refractivity contribution in [2.24, 2.45) is 7.05 Å². The molecule has 0 bridgehead atoms. The second-order valence-corrected chi connectivity index (χ2v) is 5.48. The van der Waals surface area contributed by atoms with Crippen LogP contribution in [0.15, 0.2) is 29.3 Å². The highest BCUT2D eigenvalue weighted by atomic mass is 32.2. The third-order valence-corrected chi connectivity index (χ3v) is 3.47. The molecule has 0 aliphatic carbocycles. The lowest BCUT2D eigenvalue weighted by Gasteiger charge is -2.11. The Labute approximate surface area is 140 Å². The average Bonchev–Trinajstić information content (AvgIpc) is 2.94. The van der Waals surface area contributed by atoms with E-state index in [0.29, 0.717) is 0 Å². The molecule has 13 heteroatoms. The van der Waals surface area contributed by atoms with Gasteiger partial charge in [-0.15, -0.1) is 5.10 Å². The molecule has 0 aliphatic heterocycles. The minimum Gasteiger partial charge on any atom is -0.755 e. The van der Waals surface area contributed by atoms with Crippen LogP contribution in [0.1, 0.15) is 10.5 Å². The lowest BCUT2D eigenvalue weighted by Crippen LogP contribution is -2.27. The first-order valence-electron chi connectivity index (χ1n) is 6.60. The fourth-order valence-electron chi connectivity index (χ4n) is 2.05. The van der Waals surface area contributed by atoms with Crippen molar-refractivity contribution < 1.29 is 17.9 Å². The van der Waals surface area contributed by atoms with Gasteiger partial charge in [0.2, 0.25) is 0 Å². The number of carbonyl (C=O) groups excluding carboxylic acids is 1. The molecular formula is C12H9FN7O4S-. The summed E-state index contributed by atoms with van der Waals surface area (Å²) in [5, 5.41) is 9.64. The number of aryl methyl sites for hydroxylation is 1. The number of aromatic nitrogens is 5. The van der Waals surface area contributed by atoms with Gasteiger partial charge in [0, 0.05) is 24.0 Å². The topological polar surface area (TPSA) is 146 Å². The van der Waals surface area contributed by atoms with Crippen molar-refractivity contribution in [3.05, 3.63) is 46.5 Å². The molecule has 0 aliphatic rings. The first-order chi connectivity index (χ1) is 11.8. The van der Waals surface area contributed by atoms with Crippen LogP contribution in [0.5, 0.6) is 0 Å². The first-order valence-corrected chi connectivity index (χ1v) is 7.67. The highest BCUT2D eigenvalue weighted by Crippen LogP contribution is 2.19. The Morgan fingerprint density at radius 2 is 2.04 bits per heavy atom. The molecule has 0 spiro atoms. The van der Waals surface area contributed by atoms with Crippen molar-refractivity contribution in [2.45, 2.75) is 0 Å². The van der Waals surface area contributed by atoms with Gasteiger partial charge in [-0.1, -0.05) is 5.21 Å². The number of hydrogen-bond donors (Lipinski definition) is 2. The van der Waals surface area contributed by atoms with Crippen LogP contribution in [0.2, 0.25) is 0 Å². The summed E-state index contributed by atoms with van der Waals surface area (Å²) in [7, 11) is 1.38. The molecule has 3 aromatic rings. The zero-order valence-corrected chi connectivity index (χ0v) is 13.3. The Morgan fingerprint density at radius 3 is 2.76 bits per heavy atom. The molecule has 0 radical (unpaired) electrons. The number of benzene rings is 1. The standard InChI is InChI=1S/C12H10FN7O4S/c1-19-12(22)20-5-14-9(10(20)16-18-19)11(21)15-7-2-6(13)3-8(4-7)17-25(23)24/h2-5,17H,1H3,(H,15,21)(H,23,24)/p-1. The smallest absolute Gasteiger partial charge is 0.352 e. The van der Waals surface area contributed by atoms with Crippen LogP contribution < -0.4 is 15.7 Å². The number of carbonyl (C=O) groups is 1. The van der Waals surface area contributed by atoms with Crippen molar-refractivity contribution in [2.75, 3.05) is 10.0 Å². The van der Waals surface area contributed by atoms with Gasteiger partial charge in [-0.05, 0) is 18.2 Å². The zero-order valence-electron chi connectivity index (χ0n) is 12.5. The van der Waals surface area contributed by atoms with Gasteiger partial charge in [0.05, 0.1) is 5.69 Å². The Bertz CT molecular complexity index is 1060. The van der Waals surface area contributed by atoms with Gasteiger partial charge in [-0.3, -0.25) is 9.00 Å². The van der Waals surface area contributed by atoms with E-state index >= 15 is 0 Å². The maximum Gasteiger partial charge on any atom is 0.352 e. The zero-order chi connectivity index (χ0) is 18.1. The van der Waals surface area contributed by atoms with Gasteiger partial charge in [0.15, 0.2) is 11.3 Å². The van der Waals surface area contributed by atoms with Gasteiger partial charge >= 0.3 is 5.69 Å². The molecule has 0 fully saturated rings. The quantitative estimate of drug-likeness (QED) is 0.587. The largest absolute Gasteiger partial charge is 0.755 e. The molecule has 25 heavy (non-hydrogen) atoms. The second-order valence-electron chi connectivity index (χ2n) is 4.80. The molecule has 2 aromatic heterocycles. The number of nitrogens with one attached hydrogen (secondary N) is 2. The first kappa shape index (κ1) is 16.7. The summed E-state index contributed by atoms with van der Waals surface area (Å²) in [5.74, 6) is -1.54. The summed E-state index contributed by atoms with van der Waals surface area (Å²) in [6.07, 6.45) is 1.11. The number of imidazole rings is 1. The average molecular weight is 366 g/mol. The normalized spacial score (nSPS) is 12.1. The summed E-state index contributed by atoms with van der Waals surface area (Å²) in [5.41, 5.74) is -0.915. The van der Waals surface area contributed by atoms with Crippen LogP contribution in [0.25, 0.3) is 5.65 Å². The molecule has 2 N–H and O–H groups in total. The molecule has 0 saturated carbocycles. The monoisotopic (exact) mass is 366 g/mol. The van der Waals surface area contributed by atoms with Crippen LogP contribution >= 0.6 is 0 Å². The van der Waals surface area contributed by atoms with Crippen molar-refractivity contribution in [1.82, 2.24) is 24.4 Å². The Kier molecular flexibility index (Phi) is 4.24. The molecule has 0 saturated heterocycles. The van der Waals surface area contributed by atoms with Crippen LogP contribution in [0.4, 0.5) is 15.8 Å². The van der Waals surface area contributed by atoms with Gasteiger partial charge in [0.25, 0.3) is 5.91 Å². The minimum atomic E-state index is -2.65. The summed E-state index contributed by atoms with van der Waals surface area (Å²) in [6, 6.07) is 3.13. The van der Waals surface area contributed by atoms with Crippen molar-refractivity contribution in [3.8, 4) is 0 Å². The fourth-order valence-corrected chi connectivity index (χ4v) is 2.36. The number of nitrogens with zero attached hydrogens (tertiary/aromatic N) is 5. The predicted molar refractivity (Wildman–Crippen MR) is 82.9 cm³/mol. The van der Waals surface area contributed by atoms with Gasteiger partial charge < -0.3 is 14.6 Å². The molecule has 2 heterocycles. The van der Waals surface area contributed by atoms with E-state index in [1.165, 1.54) is 13.1 Å². The molecule has 11 nitrogen and oxygen atoms in total. The number of hydrogen-bond acceptors (Lipinski definition) is 7. The van der Waals surface area contributed by atoms with E-state index < -0.39 is 28.7 Å². The molecule has 130 valence electrons. The molecule has 1 unspecified atom stereocenters. The SMILES string of the molecule is Cn1nnc2c(C(=O)Nc3cc(F)cc(NS(=O)[O-])c3)ncn2c1=O. The molecule has 1 aromatic carbocycles. The maximum atomic E-state index is 13.5. The van der Waals surface area contributed by atoms with E-state index in [1.54, 1.807) is 0 Å². The number of halogens is 1. The third kappa shape index (κ3) is 3.36. The van der Waals surface area contributed by atoms with Crippen LogP contribution in [0, 0.1) is 5.82 Å². The number of fused-ring (bicyclic) bond motifs is 1. The lowest BCUT2D eigenvalue weighted by molar-refractivity contribution is 0.102. The number of rotatable bonds is 4. The van der Waals surface area contributed by atoms with Crippen LogP contribution in [0.3, 0.4) is 0 Å². The van der Waals surface area contributed by atoms with Crippen molar-refractivity contribution in [3.63, 3.8) is 0 Å². The van der Waals surface area contributed by atoms with E-state index in [2.05, 4.69) is 20.6 Å². The van der Waals surface area contributed by atoms with Crippen LogP contribution in [-0.4, -0.2) is 39.0 Å². The fraction of sp³-hybridized carbons (Fsp3) is 0.0833. The lowest BCUT2D eigenvalue weighted by atomic mass is 10.2. The molecular weight excluding hydrogens is 357 g/mol. The minimum absolute atomic E-state index is 0.0177. The maximum absolute atomic E-state index is 13.5. The third-order valence-electron chi connectivity index (χ3n) is 3.07. The van der Waals surface area contributed by atoms with Crippen molar-refractivity contribution in [1.29, 1.82) is 0 Å². The van der Waals surface area contributed by atoms with Gasteiger partial charge in [-0.25, -0.2) is 18.6 Å². The summed E-state index contributed by atoms with van der Waals surface area (Å²) >= 11 is -2.65. The Morgan fingerprint density at radius 1 is 1.32 bits per heavy atom. The van der Waals surface area contributed by atoms with Gasteiger partial charge in [-0.2, -0.15) is 4.68 Å². The Balaban J connectivity index is 1.93. The summed E-state index contributed by atoms with van der Waals surface area (Å²) in [6.45, 7) is 0. The number of anilines is 2. The predicted octanol–water partition coefficient (Wildman–Crippen LogP) is -0.580. The summed E-state index contributed by atoms with van der Waals surface area (Å²) in [4.78, 5) is 28.0. The van der Waals surface area contributed by atoms with E-state index in [0.717, 1.165) is 27.5 Å². The number of amides is 1.